The number of amides is 4. The van der Waals surface area contributed by atoms with Gasteiger partial charge in [-0.2, -0.15) is 0 Å². The third kappa shape index (κ3) is 3.25. The summed E-state index contributed by atoms with van der Waals surface area (Å²) in [7, 11) is 0. The van der Waals surface area contributed by atoms with Crippen LogP contribution in [0.1, 0.15) is 39.2 Å². The van der Waals surface area contributed by atoms with E-state index >= 15 is 0 Å². The zero-order chi connectivity index (χ0) is 17.9. The monoisotopic (exact) mass is 335 g/mol. The molecule has 1 aromatic rings. The molecular formula is C17H22FN3O3. The number of hydrogen-bond donors (Lipinski definition) is 2. The van der Waals surface area contributed by atoms with E-state index in [0.717, 1.165) is 11.3 Å². The van der Waals surface area contributed by atoms with E-state index in [1.165, 1.54) is 24.3 Å². The number of imide groups is 1. The van der Waals surface area contributed by atoms with Crippen molar-refractivity contribution in [2.45, 2.75) is 45.2 Å². The van der Waals surface area contributed by atoms with Gasteiger partial charge in [0.15, 0.2) is 0 Å². The first-order chi connectivity index (χ1) is 11.3. The lowest BCUT2D eigenvalue weighted by Gasteiger charge is -2.25. The molecule has 0 radical (unpaired) electrons. The van der Waals surface area contributed by atoms with Crippen LogP contribution in [0.4, 0.5) is 9.18 Å². The second kappa shape index (κ2) is 6.98. The van der Waals surface area contributed by atoms with Gasteiger partial charge in [-0.05, 0) is 37.5 Å². The molecule has 2 N–H and O–H groups in total. The van der Waals surface area contributed by atoms with Gasteiger partial charge in [0.25, 0.3) is 5.91 Å². The number of hydrogen-bond acceptors (Lipinski definition) is 3. The van der Waals surface area contributed by atoms with Crippen LogP contribution in [0.2, 0.25) is 0 Å². The first-order valence-corrected chi connectivity index (χ1v) is 8.03. The minimum atomic E-state index is -1.26. The molecule has 24 heavy (non-hydrogen) atoms. The summed E-state index contributed by atoms with van der Waals surface area (Å²) in [6.07, 6.45) is 1.05. The molecule has 0 spiro atoms. The smallest absolute Gasteiger partial charge is 0.325 e. The maximum absolute atomic E-state index is 13.1. The van der Waals surface area contributed by atoms with Crippen LogP contribution < -0.4 is 10.6 Å². The maximum Gasteiger partial charge on any atom is 0.325 e. The predicted molar refractivity (Wildman–Crippen MR) is 86.5 cm³/mol. The number of halogens is 1. The summed E-state index contributed by atoms with van der Waals surface area (Å²) in [5.41, 5.74) is -0.767. The molecule has 0 bridgehead atoms. The van der Waals surface area contributed by atoms with Crippen LogP contribution >= 0.6 is 0 Å². The molecule has 2 rings (SSSR count). The molecule has 130 valence electrons. The standard InChI is InChI=1S/C17H22FN3O3/c1-4-11(3)19-14(22)10-21-15(23)17(5-2,20-16(21)24)12-6-8-13(18)9-7-12/h6-9,11H,4-5,10H2,1-3H3,(H,19,22)(H,20,24)/t11-,17+/m1/s1. The fourth-order valence-corrected chi connectivity index (χ4v) is 2.71. The second-order valence-corrected chi connectivity index (χ2v) is 5.96. The lowest BCUT2D eigenvalue weighted by molar-refractivity contribution is -0.135. The van der Waals surface area contributed by atoms with Crippen LogP contribution in [0.25, 0.3) is 0 Å². The van der Waals surface area contributed by atoms with Gasteiger partial charge in [-0.3, -0.25) is 14.5 Å². The molecule has 1 aliphatic rings. The third-order valence-electron chi connectivity index (χ3n) is 4.36. The summed E-state index contributed by atoms with van der Waals surface area (Å²) >= 11 is 0. The number of rotatable bonds is 6. The summed E-state index contributed by atoms with van der Waals surface area (Å²) in [5.74, 6) is -1.31. The molecule has 7 heteroatoms. The summed E-state index contributed by atoms with van der Waals surface area (Å²) in [6.45, 7) is 5.19. The lowest BCUT2D eigenvalue weighted by Crippen LogP contribution is -2.45. The maximum atomic E-state index is 13.1. The van der Waals surface area contributed by atoms with E-state index in [1.807, 2.05) is 13.8 Å². The van der Waals surface area contributed by atoms with Crippen molar-refractivity contribution in [3.8, 4) is 0 Å². The molecule has 1 saturated heterocycles. The molecule has 1 heterocycles. The van der Waals surface area contributed by atoms with E-state index < -0.39 is 23.3 Å². The molecular weight excluding hydrogens is 313 g/mol. The number of carbonyl (C=O) groups is 3. The highest BCUT2D eigenvalue weighted by atomic mass is 19.1. The summed E-state index contributed by atoms with van der Waals surface area (Å²) in [5, 5.41) is 5.39. The van der Waals surface area contributed by atoms with E-state index in [9.17, 15) is 18.8 Å². The Kier molecular flexibility index (Phi) is 5.21. The van der Waals surface area contributed by atoms with Gasteiger partial charge < -0.3 is 10.6 Å². The highest BCUT2D eigenvalue weighted by molar-refractivity contribution is 6.09. The SMILES string of the molecule is CC[C@@H](C)NC(=O)CN1C(=O)N[C@@](CC)(c2ccc(F)cc2)C1=O. The molecule has 2 atom stereocenters. The van der Waals surface area contributed by atoms with Crippen molar-refractivity contribution in [3.63, 3.8) is 0 Å². The van der Waals surface area contributed by atoms with Crippen molar-refractivity contribution in [2.24, 2.45) is 0 Å². The Morgan fingerprint density at radius 3 is 2.46 bits per heavy atom. The van der Waals surface area contributed by atoms with E-state index in [2.05, 4.69) is 10.6 Å². The number of nitrogens with zero attached hydrogens (tertiary/aromatic N) is 1. The van der Waals surface area contributed by atoms with Crippen molar-refractivity contribution in [3.05, 3.63) is 35.6 Å². The van der Waals surface area contributed by atoms with Crippen LogP contribution in [-0.4, -0.2) is 35.3 Å². The van der Waals surface area contributed by atoms with Crippen LogP contribution in [-0.2, 0) is 15.1 Å². The Labute approximate surface area is 140 Å². The van der Waals surface area contributed by atoms with Crippen molar-refractivity contribution < 1.29 is 18.8 Å². The van der Waals surface area contributed by atoms with E-state index in [4.69, 9.17) is 0 Å². The summed E-state index contributed by atoms with van der Waals surface area (Å²) in [4.78, 5) is 38.0. The van der Waals surface area contributed by atoms with E-state index in [1.54, 1.807) is 6.92 Å². The van der Waals surface area contributed by atoms with Gasteiger partial charge in [-0.15, -0.1) is 0 Å². The van der Waals surface area contributed by atoms with Crippen LogP contribution in [0.3, 0.4) is 0 Å². The molecule has 4 amide bonds. The quantitative estimate of drug-likeness (QED) is 0.779. The number of carbonyl (C=O) groups excluding carboxylic acids is 3. The zero-order valence-electron chi connectivity index (χ0n) is 14.1. The minimum absolute atomic E-state index is 0.0358. The lowest BCUT2D eigenvalue weighted by atomic mass is 9.87. The van der Waals surface area contributed by atoms with E-state index in [-0.39, 0.29) is 18.5 Å². The van der Waals surface area contributed by atoms with Gasteiger partial charge in [-0.25, -0.2) is 9.18 Å². The first kappa shape index (κ1) is 17.9. The second-order valence-electron chi connectivity index (χ2n) is 5.96. The third-order valence-corrected chi connectivity index (χ3v) is 4.36. The van der Waals surface area contributed by atoms with Crippen molar-refractivity contribution in [1.29, 1.82) is 0 Å². The van der Waals surface area contributed by atoms with Gasteiger partial charge in [-0.1, -0.05) is 26.0 Å². The molecule has 0 aliphatic carbocycles. The van der Waals surface area contributed by atoms with Crippen molar-refractivity contribution in [1.82, 2.24) is 15.5 Å². The number of nitrogens with one attached hydrogen (secondary N) is 2. The normalized spacial score (nSPS) is 21.6. The Morgan fingerprint density at radius 1 is 1.29 bits per heavy atom. The largest absolute Gasteiger partial charge is 0.352 e. The van der Waals surface area contributed by atoms with Gasteiger partial charge in [0, 0.05) is 6.04 Å². The van der Waals surface area contributed by atoms with Gasteiger partial charge in [0.1, 0.15) is 17.9 Å². The molecule has 1 aliphatic heterocycles. The zero-order valence-corrected chi connectivity index (χ0v) is 14.1. The Morgan fingerprint density at radius 2 is 1.92 bits per heavy atom. The van der Waals surface area contributed by atoms with Gasteiger partial charge in [0.05, 0.1) is 0 Å². The van der Waals surface area contributed by atoms with Gasteiger partial charge in [0.2, 0.25) is 5.91 Å². The van der Waals surface area contributed by atoms with Crippen molar-refractivity contribution >= 4 is 17.8 Å². The minimum Gasteiger partial charge on any atom is -0.352 e. The molecule has 1 fully saturated rings. The summed E-state index contributed by atoms with van der Waals surface area (Å²) in [6, 6.07) is 4.77. The van der Waals surface area contributed by atoms with E-state index in [0.29, 0.717) is 12.0 Å². The predicted octanol–water partition coefficient (Wildman–Crippen LogP) is 1.90. The number of benzene rings is 1. The molecule has 0 aromatic heterocycles. The fourth-order valence-electron chi connectivity index (χ4n) is 2.71. The van der Waals surface area contributed by atoms with Crippen LogP contribution in [0.15, 0.2) is 24.3 Å². The first-order valence-electron chi connectivity index (χ1n) is 8.03. The van der Waals surface area contributed by atoms with Crippen molar-refractivity contribution in [2.75, 3.05) is 6.54 Å². The Balaban J connectivity index is 2.23. The highest BCUT2D eigenvalue weighted by Crippen LogP contribution is 2.32. The Hall–Kier alpha value is -2.44. The molecule has 6 nitrogen and oxygen atoms in total. The summed E-state index contributed by atoms with van der Waals surface area (Å²) < 4.78 is 13.1. The number of urea groups is 1. The average Bonchev–Trinajstić information content (AvgIpc) is 2.80. The van der Waals surface area contributed by atoms with Gasteiger partial charge >= 0.3 is 6.03 Å². The Bertz CT molecular complexity index is 647. The molecule has 1 aromatic carbocycles. The highest BCUT2D eigenvalue weighted by Gasteiger charge is 2.51. The fraction of sp³-hybridized carbons (Fsp3) is 0.471. The van der Waals surface area contributed by atoms with Crippen LogP contribution in [0.5, 0.6) is 0 Å². The molecule has 0 saturated carbocycles. The average molecular weight is 335 g/mol. The van der Waals surface area contributed by atoms with Crippen LogP contribution in [0, 0.1) is 5.82 Å². The topological polar surface area (TPSA) is 78.5 Å². The molecule has 0 unspecified atom stereocenters.